The summed E-state index contributed by atoms with van der Waals surface area (Å²) in [5.41, 5.74) is 1.32. The minimum absolute atomic E-state index is 0.166. The van der Waals surface area contributed by atoms with Crippen LogP contribution in [0.2, 0.25) is 0 Å². The predicted octanol–water partition coefficient (Wildman–Crippen LogP) is 1.67. The van der Waals surface area contributed by atoms with Crippen LogP contribution in [-0.2, 0) is 11.3 Å². The number of hydrogen-bond donors (Lipinski definition) is 1. The van der Waals surface area contributed by atoms with Crippen molar-refractivity contribution in [3.8, 4) is 0 Å². The summed E-state index contributed by atoms with van der Waals surface area (Å²) in [6.07, 6.45) is 1.06. The summed E-state index contributed by atoms with van der Waals surface area (Å²) < 4.78 is 0. The van der Waals surface area contributed by atoms with Crippen molar-refractivity contribution in [2.45, 2.75) is 25.9 Å². The van der Waals surface area contributed by atoms with Crippen LogP contribution < -0.4 is 0 Å². The number of carboxylic acids is 1. The Kier molecular flexibility index (Phi) is 4.93. The molecule has 1 N–H and O–H groups in total. The fraction of sp³-hybridized carbons (Fsp3) is 0.533. The van der Waals surface area contributed by atoms with Gasteiger partial charge in [-0.25, -0.2) is 0 Å². The standard InChI is InChI=1S/C15H22N2O2/c1-2-17(10-13-6-4-3-5-7-13)14-8-9-16(11-14)12-15(18)19/h3-7,14H,2,8-12H2,1H3,(H,18,19)/t14-/m1/s1. The molecule has 0 bridgehead atoms. The molecule has 1 aromatic rings. The molecule has 1 aliphatic rings. The molecular weight excluding hydrogens is 240 g/mol. The molecule has 1 heterocycles. The molecule has 1 saturated heterocycles. The third-order valence-electron chi connectivity index (χ3n) is 3.76. The molecule has 2 rings (SSSR count). The number of hydrogen-bond acceptors (Lipinski definition) is 3. The van der Waals surface area contributed by atoms with Crippen molar-refractivity contribution in [1.82, 2.24) is 9.80 Å². The summed E-state index contributed by atoms with van der Waals surface area (Å²) in [5.74, 6) is -0.730. The van der Waals surface area contributed by atoms with E-state index in [0.717, 1.165) is 32.6 Å². The molecule has 0 spiro atoms. The van der Waals surface area contributed by atoms with E-state index >= 15 is 0 Å². The SMILES string of the molecule is CCN(Cc1ccccc1)[C@@H]1CCN(CC(=O)O)C1. The quantitative estimate of drug-likeness (QED) is 0.847. The van der Waals surface area contributed by atoms with Gasteiger partial charge < -0.3 is 5.11 Å². The van der Waals surface area contributed by atoms with E-state index in [1.165, 1.54) is 5.56 Å². The van der Waals surface area contributed by atoms with E-state index in [0.29, 0.717) is 6.04 Å². The van der Waals surface area contributed by atoms with Gasteiger partial charge in [-0.1, -0.05) is 37.3 Å². The topological polar surface area (TPSA) is 43.8 Å². The Morgan fingerprint density at radius 1 is 1.42 bits per heavy atom. The molecule has 0 aromatic heterocycles. The number of benzene rings is 1. The third kappa shape index (κ3) is 4.04. The van der Waals surface area contributed by atoms with Gasteiger partial charge in [-0.15, -0.1) is 0 Å². The summed E-state index contributed by atoms with van der Waals surface area (Å²) in [5, 5.41) is 8.84. The Morgan fingerprint density at radius 2 is 2.16 bits per heavy atom. The molecule has 0 radical (unpaired) electrons. The average Bonchev–Trinajstić information content (AvgIpc) is 2.84. The Bertz CT molecular complexity index is 408. The van der Waals surface area contributed by atoms with Gasteiger partial charge in [0.1, 0.15) is 0 Å². The first-order chi connectivity index (χ1) is 9.19. The number of likely N-dealkylation sites (N-methyl/N-ethyl adjacent to an activating group) is 1. The molecule has 1 atom stereocenters. The monoisotopic (exact) mass is 262 g/mol. The van der Waals surface area contributed by atoms with E-state index in [1.807, 2.05) is 11.0 Å². The van der Waals surface area contributed by atoms with Crippen LogP contribution in [0, 0.1) is 0 Å². The Morgan fingerprint density at radius 3 is 2.79 bits per heavy atom. The van der Waals surface area contributed by atoms with Crippen LogP contribution in [0.5, 0.6) is 0 Å². The molecule has 19 heavy (non-hydrogen) atoms. The van der Waals surface area contributed by atoms with Gasteiger partial charge in [0, 0.05) is 25.7 Å². The highest BCUT2D eigenvalue weighted by Crippen LogP contribution is 2.17. The molecule has 1 aliphatic heterocycles. The predicted molar refractivity (Wildman–Crippen MR) is 75.0 cm³/mol. The number of aliphatic carboxylic acids is 1. The lowest BCUT2D eigenvalue weighted by Gasteiger charge is -2.27. The molecule has 4 heteroatoms. The summed E-state index contributed by atoms with van der Waals surface area (Å²) in [6.45, 7) is 6.04. The maximum atomic E-state index is 10.7. The van der Waals surface area contributed by atoms with Crippen molar-refractivity contribution in [3.05, 3.63) is 35.9 Å². The highest BCUT2D eigenvalue weighted by Gasteiger charge is 2.27. The van der Waals surface area contributed by atoms with E-state index in [4.69, 9.17) is 5.11 Å². The fourth-order valence-electron chi connectivity index (χ4n) is 2.76. The lowest BCUT2D eigenvalue weighted by Crippen LogP contribution is -2.38. The second-order valence-corrected chi connectivity index (χ2v) is 5.12. The Labute approximate surface area is 114 Å². The van der Waals surface area contributed by atoms with E-state index in [2.05, 4.69) is 36.1 Å². The van der Waals surface area contributed by atoms with Crippen LogP contribution >= 0.6 is 0 Å². The van der Waals surface area contributed by atoms with E-state index in [1.54, 1.807) is 0 Å². The number of nitrogens with zero attached hydrogens (tertiary/aromatic N) is 2. The third-order valence-corrected chi connectivity index (χ3v) is 3.76. The van der Waals surface area contributed by atoms with Crippen molar-refractivity contribution in [2.24, 2.45) is 0 Å². The molecule has 4 nitrogen and oxygen atoms in total. The molecular formula is C15H22N2O2. The van der Waals surface area contributed by atoms with E-state index in [9.17, 15) is 4.79 Å². The van der Waals surface area contributed by atoms with Crippen molar-refractivity contribution in [1.29, 1.82) is 0 Å². The van der Waals surface area contributed by atoms with Gasteiger partial charge in [0.05, 0.1) is 6.54 Å². The molecule has 1 aromatic carbocycles. The smallest absolute Gasteiger partial charge is 0.317 e. The first-order valence-corrected chi connectivity index (χ1v) is 6.91. The first kappa shape index (κ1) is 14.0. The van der Waals surface area contributed by atoms with Crippen molar-refractivity contribution in [2.75, 3.05) is 26.2 Å². The van der Waals surface area contributed by atoms with Gasteiger partial charge in [-0.3, -0.25) is 14.6 Å². The number of likely N-dealkylation sites (tertiary alicyclic amines) is 1. The second kappa shape index (κ2) is 6.68. The summed E-state index contributed by atoms with van der Waals surface area (Å²) >= 11 is 0. The van der Waals surface area contributed by atoms with Crippen LogP contribution in [-0.4, -0.2) is 53.1 Å². The summed E-state index contributed by atoms with van der Waals surface area (Å²) in [7, 11) is 0. The number of carboxylic acid groups (broad SMARTS) is 1. The largest absolute Gasteiger partial charge is 0.480 e. The zero-order valence-electron chi connectivity index (χ0n) is 11.5. The van der Waals surface area contributed by atoms with Crippen LogP contribution in [0.25, 0.3) is 0 Å². The maximum absolute atomic E-state index is 10.7. The van der Waals surface area contributed by atoms with Gasteiger partial charge in [0.15, 0.2) is 0 Å². The van der Waals surface area contributed by atoms with Crippen LogP contribution in [0.1, 0.15) is 18.9 Å². The summed E-state index contributed by atoms with van der Waals surface area (Å²) in [4.78, 5) is 15.2. The summed E-state index contributed by atoms with van der Waals surface area (Å²) in [6, 6.07) is 10.9. The van der Waals surface area contributed by atoms with Crippen LogP contribution in [0.3, 0.4) is 0 Å². The second-order valence-electron chi connectivity index (χ2n) is 5.12. The van der Waals surface area contributed by atoms with Gasteiger partial charge in [0.2, 0.25) is 0 Å². The van der Waals surface area contributed by atoms with Crippen molar-refractivity contribution in [3.63, 3.8) is 0 Å². The minimum atomic E-state index is -0.730. The lowest BCUT2D eigenvalue weighted by atomic mass is 10.1. The van der Waals surface area contributed by atoms with E-state index in [-0.39, 0.29) is 6.54 Å². The van der Waals surface area contributed by atoms with Crippen molar-refractivity contribution < 1.29 is 9.90 Å². The van der Waals surface area contributed by atoms with Gasteiger partial charge >= 0.3 is 5.97 Å². The molecule has 1 fully saturated rings. The van der Waals surface area contributed by atoms with E-state index < -0.39 is 5.97 Å². The van der Waals surface area contributed by atoms with Crippen LogP contribution in [0.15, 0.2) is 30.3 Å². The molecule has 0 unspecified atom stereocenters. The zero-order valence-corrected chi connectivity index (χ0v) is 11.5. The molecule has 0 amide bonds. The normalized spacial score (nSPS) is 20.0. The Hall–Kier alpha value is -1.39. The number of carbonyl (C=O) groups is 1. The van der Waals surface area contributed by atoms with Gasteiger partial charge in [-0.2, -0.15) is 0 Å². The first-order valence-electron chi connectivity index (χ1n) is 6.91. The van der Waals surface area contributed by atoms with Crippen LogP contribution in [0.4, 0.5) is 0 Å². The van der Waals surface area contributed by atoms with Crippen molar-refractivity contribution >= 4 is 5.97 Å². The lowest BCUT2D eigenvalue weighted by molar-refractivity contribution is -0.138. The molecule has 104 valence electrons. The minimum Gasteiger partial charge on any atom is -0.480 e. The maximum Gasteiger partial charge on any atom is 0.317 e. The van der Waals surface area contributed by atoms with Gasteiger partial charge in [-0.05, 0) is 18.5 Å². The zero-order chi connectivity index (χ0) is 13.7. The average molecular weight is 262 g/mol. The number of rotatable bonds is 6. The highest BCUT2D eigenvalue weighted by atomic mass is 16.4. The fourth-order valence-corrected chi connectivity index (χ4v) is 2.76. The van der Waals surface area contributed by atoms with Gasteiger partial charge in [0.25, 0.3) is 0 Å². The highest BCUT2D eigenvalue weighted by molar-refractivity contribution is 5.69. The molecule has 0 saturated carbocycles. The molecule has 0 aliphatic carbocycles. The Balaban J connectivity index is 1.90.